The summed E-state index contributed by atoms with van der Waals surface area (Å²) in [5, 5.41) is 31.1. The highest BCUT2D eigenvalue weighted by Crippen LogP contribution is 2.39. The number of hydrogen-bond acceptors (Lipinski definition) is 10. The van der Waals surface area contributed by atoms with E-state index in [0.29, 0.717) is 31.3 Å². The van der Waals surface area contributed by atoms with E-state index in [0.717, 1.165) is 29.5 Å². The van der Waals surface area contributed by atoms with Gasteiger partial charge in [-0.2, -0.15) is 0 Å². The van der Waals surface area contributed by atoms with Crippen LogP contribution in [0.5, 0.6) is 5.75 Å². The van der Waals surface area contributed by atoms with Crippen molar-refractivity contribution < 1.29 is 29.5 Å². The quantitative estimate of drug-likeness (QED) is 0.143. The first kappa shape index (κ1) is 31.4. The van der Waals surface area contributed by atoms with Gasteiger partial charge in [0.15, 0.2) is 17.4 Å². The molecule has 240 valence electrons. The predicted octanol–water partition coefficient (Wildman–Crippen LogP) is 3.54. The zero-order chi connectivity index (χ0) is 32.0. The number of fused-ring (bicyclic) bond motifs is 1. The van der Waals surface area contributed by atoms with Gasteiger partial charge in [-0.3, -0.25) is 9.36 Å². The van der Waals surface area contributed by atoms with Crippen LogP contribution in [0.4, 0.5) is 11.6 Å². The number of benzene rings is 3. The van der Waals surface area contributed by atoms with Gasteiger partial charge in [-0.1, -0.05) is 60.7 Å². The lowest BCUT2D eigenvalue weighted by Crippen LogP contribution is -2.33. The molecule has 3 aromatic carbocycles. The Bertz CT molecular complexity index is 1800. The molecule has 1 aliphatic rings. The average molecular weight is 628 g/mol. The van der Waals surface area contributed by atoms with Crippen molar-refractivity contribution in [1.82, 2.24) is 19.5 Å². The van der Waals surface area contributed by atoms with Gasteiger partial charge >= 0.3 is 0 Å². The number of aromatic amines is 1. The Hall–Kier alpha value is -4.59. The number of nitrogens with one attached hydrogen (secondary N) is 1. The van der Waals surface area contributed by atoms with Crippen LogP contribution in [0.25, 0.3) is 22.3 Å². The smallest absolute Gasteiger partial charge is 0.278 e. The average Bonchev–Trinajstić information content (AvgIpc) is 3.61. The monoisotopic (exact) mass is 627 g/mol. The van der Waals surface area contributed by atoms with Gasteiger partial charge in [0.25, 0.3) is 5.56 Å². The van der Waals surface area contributed by atoms with Crippen LogP contribution in [0.2, 0.25) is 0 Å². The third kappa shape index (κ3) is 6.52. The maximum Gasteiger partial charge on any atom is 0.278 e. The predicted molar refractivity (Wildman–Crippen MR) is 172 cm³/mol. The van der Waals surface area contributed by atoms with E-state index >= 15 is 0 Å². The Morgan fingerprint density at radius 2 is 1.72 bits per heavy atom. The molecule has 0 saturated carbocycles. The summed E-state index contributed by atoms with van der Waals surface area (Å²) in [4.78, 5) is 25.8. The molecule has 1 aliphatic heterocycles. The van der Waals surface area contributed by atoms with Gasteiger partial charge in [0.1, 0.15) is 24.1 Å². The topological polar surface area (TPSA) is 155 Å². The Labute approximate surface area is 265 Å². The standard InChI is InChI=1S/C34H37N5O7/c1-38(34-37-28-31(35-21-36-32(28)43)39(34)33-30(42)29(41)27(19-40)46-33)24-14-15-25(23-12-6-3-7-13-23)26(18-24)45-17-9-8-16-44-20-22-10-4-2-5-11-22/h2-7,10-15,18,21,27,29-30,33,40-42H,8-9,16-17,19-20H2,1H3,(H,35,36,43)/t27-,29?,30?,33-/m1/s1. The summed E-state index contributed by atoms with van der Waals surface area (Å²) in [5.41, 5.74) is 3.45. The van der Waals surface area contributed by atoms with E-state index in [1.807, 2.05) is 78.9 Å². The van der Waals surface area contributed by atoms with Crippen molar-refractivity contribution in [2.45, 2.75) is 44.0 Å². The first-order valence-corrected chi connectivity index (χ1v) is 15.2. The van der Waals surface area contributed by atoms with Crippen LogP contribution in [-0.4, -0.2) is 80.0 Å². The van der Waals surface area contributed by atoms with E-state index in [2.05, 4.69) is 15.0 Å². The number of rotatable bonds is 13. The van der Waals surface area contributed by atoms with Gasteiger partial charge in [0, 0.05) is 31.0 Å². The second-order valence-electron chi connectivity index (χ2n) is 11.1. The molecule has 0 radical (unpaired) electrons. The number of aliphatic hydroxyl groups excluding tert-OH is 3. The summed E-state index contributed by atoms with van der Waals surface area (Å²) in [7, 11) is 1.76. The summed E-state index contributed by atoms with van der Waals surface area (Å²) < 4.78 is 19.5. The van der Waals surface area contributed by atoms with E-state index in [-0.39, 0.29) is 17.1 Å². The van der Waals surface area contributed by atoms with Crippen molar-refractivity contribution in [1.29, 1.82) is 0 Å². The number of aliphatic hydroxyl groups is 3. The normalized spacial score (nSPS) is 19.5. The third-order valence-corrected chi connectivity index (χ3v) is 8.03. The number of unbranched alkanes of at least 4 members (excludes halogenated alkanes) is 1. The molecule has 0 aliphatic carbocycles. The van der Waals surface area contributed by atoms with Crippen molar-refractivity contribution in [2.24, 2.45) is 0 Å². The fraction of sp³-hybridized carbons (Fsp3) is 0.324. The molecule has 0 bridgehead atoms. The van der Waals surface area contributed by atoms with Gasteiger partial charge in [0.2, 0.25) is 5.95 Å². The van der Waals surface area contributed by atoms with Gasteiger partial charge in [-0.15, -0.1) is 0 Å². The van der Waals surface area contributed by atoms with E-state index in [4.69, 9.17) is 14.2 Å². The molecule has 1 saturated heterocycles. The minimum atomic E-state index is -1.40. The fourth-order valence-electron chi connectivity index (χ4n) is 5.54. The molecule has 46 heavy (non-hydrogen) atoms. The molecule has 2 unspecified atom stereocenters. The van der Waals surface area contributed by atoms with Gasteiger partial charge in [-0.05, 0) is 36.1 Å². The van der Waals surface area contributed by atoms with Gasteiger partial charge in [0.05, 0.1) is 26.1 Å². The molecule has 5 aromatic rings. The molecule has 4 atom stereocenters. The molecular formula is C34H37N5O7. The lowest BCUT2D eigenvalue weighted by molar-refractivity contribution is -0.0503. The Morgan fingerprint density at radius 1 is 0.978 bits per heavy atom. The Balaban J connectivity index is 1.25. The third-order valence-electron chi connectivity index (χ3n) is 8.03. The summed E-state index contributed by atoms with van der Waals surface area (Å²) >= 11 is 0. The molecule has 0 amide bonds. The summed E-state index contributed by atoms with van der Waals surface area (Å²) in [6, 6.07) is 25.8. The number of imidazole rings is 1. The fourth-order valence-corrected chi connectivity index (χ4v) is 5.54. The van der Waals surface area contributed by atoms with Crippen LogP contribution >= 0.6 is 0 Å². The van der Waals surface area contributed by atoms with Crippen molar-refractivity contribution in [2.75, 3.05) is 31.8 Å². The summed E-state index contributed by atoms with van der Waals surface area (Å²) in [6.07, 6.45) is -2.07. The Morgan fingerprint density at radius 3 is 2.46 bits per heavy atom. The van der Waals surface area contributed by atoms with Crippen LogP contribution in [-0.2, 0) is 16.1 Å². The van der Waals surface area contributed by atoms with Crippen LogP contribution < -0.4 is 15.2 Å². The molecule has 6 rings (SSSR count). The number of ether oxygens (including phenoxy) is 3. The number of aromatic nitrogens is 4. The van der Waals surface area contributed by atoms with Crippen molar-refractivity contribution in [3.8, 4) is 16.9 Å². The number of anilines is 2. The van der Waals surface area contributed by atoms with Crippen molar-refractivity contribution in [3.63, 3.8) is 0 Å². The second kappa shape index (κ2) is 14.2. The SMILES string of the molecule is CN(c1ccc(-c2ccccc2)c(OCCCCOCc2ccccc2)c1)c1nc2c(=O)[nH]cnc2n1[C@@H]1O[C@H](CO)C(O)C1O. The summed E-state index contributed by atoms with van der Waals surface area (Å²) in [6.45, 7) is 1.17. The highest BCUT2D eigenvalue weighted by molar-refractivity contribution is 5.78. The van der Waals surface area contributed by atoms with E-state index in [1.54, 1.807) is 11.9 Å². The molecule has 12 nitrogen and oxygen atoms in total. The highest BCUT2D eigenvalue weighted by Gasteiger charge is 2.45. The molecular weight excluding hydrogens is 590 g/mol. The zero-order valence-corrected chi connectivity index (χ0v) is 25.4. The molecule has 1 fully saturated rings. The molecule has 12 heteroatoms. The zero-order valence-electron chi connectivity index (χ0n) is 25.4. The van der Waals surface area contributed by atoms with Crippen LogP contribution in [0, 0.1) is 0 Å². The van der Waals surface area contributed by atoms with E-state index in [1.165, 1.54) is 10.9 Å². The number of hydrogen-bond donors (Lipinski definition) is 4. The minimum Gasteiger partial charge on any atom is -0.493 e. The largest absolute Gasteiger partial charge is 0.493 e. The lowest BCUT2D eigenvalue weighted by atomic mass is 10.0. The van der Waals surface area contributed by atoms with Crippen LogP contribution in [0.1, 0.15) is 24.6 Å². The number of H-pyrrole nitrogens is 1. The number of nitrogens with zero attached hydrogens (tertiary/aromatic N) is 4. The second-order valence-corrected chi connectivity index (χ2v) is 11.1. The van der Waals surface area contributed by atoms with Crippen LogP contribution in [0.15, 0.2) is 90.0 Å². The lowest BCUT2D eigenvalue weighted by Gasteiger charge is -2.25. The molecule has 0 spiro atoms. The molecule has 3 heterocycles. The first-order chi connectivity index (χ1) is 22.5. The first-order valence-electron chi connectivity index (χ1n) is 15.2. The van der Waals surface area contributed by atoms with Crippen LogP contribution in [0.3, 0.4) is 0 Å². The van der Waals surface area contributed by atoms with E-state index < -0.39 is 36.7 Å². The highest BCUT2D eigenvalue weighted by atomic mass is 16.6. The van der Waals surface area contributed by atoms with Gasteiger partial charge in [-0.25, -0.2) is 9.97 Å². The molecule has 2 aromatic heterocycles. The summed E-state index contributed by atoms with van der Waals surface area (Å²) in [5.74, 6) is 0.898. The van der Waals surface area contributed by atoms with Gasteiger partial charge < -0.3 is 39.4 Å². The Kier molecular flexibility index (Phi) is 9.71. The molecule has 4 N–H and O–H groups in total. The van der Waals surface area contributed by atoms with Crippen molar-refractivity contribution >= 4 is 22.8 Å². The minimum absolute atomic E-state index is 0.0361. The van der Waals surface area contributed by atoms with E-state index in [9.17, 15) is 20.1 Å². The maximum absolute atomic E-state index is 12.7. The van der Waals surface area contributed by atoms with Crippen molar-refractivity contribution in [3.05, 3.63) is 101 Å². The maximum atomic E-state index is 12.7.